The number of carbonyl (C=O) groups excluding carboxylic acids is 1. The molecular weight excluding hydrogens is 364 g/mol. The number of aromatic nitrogens is 3. The summed E-state index contributed by atoms with van der Waals surface area (Å²) in [6.07, 6.45) is 1.61. The number of ether oxygens (including phenoxy) is 1. The Morgan fingerprint density at radius 1 is 1.22 bits per heavy atom. The van der Waals surface area contributed by atoms with Gasteiger partial charge in [0, 0.05) is 42.6 Å². The number of hydrogen-bond acceptors (Lipinski definition) is 3. The molecule has 2 aromatic heterocycles. The molecule has 0 saturated carbocycles. The van der Waals surface area contributed by atoms with Crippen molar-refractivity contribution in [3.63, 3.8) is 0 Å². The van der Waals surface area contributed by atoms with Crippen LogP contribution in [-0.2, 0) is 13.6 Å². The first-order chi connectivity index (χ1) is 12.8. The summed E-state index contributed by atoms with van der Waals surface area (Å²) in [5.74, 6) is 1.33. The molecule has 0 radical (unpaired) electrons. The lowest BCUT2D eigenvalue weighted by molar-refractivity contribution is 0.0784. The molecule has 0 aliphatic heterocycles. The molecule has 3 aromatic rings. The summed E-state index contributed by atoms with van der Waals surface area (Å²) >= 11 is 6.11. The largest absolute Gasteiger partial charge is 0.496 e. The van der Waals surface area contributed by atoms with Crippen molar-refractivity contribution < 1.29 is 9.53 Å². The number of amides is 1. The molecule has 6 nitrogen and oxygen atoms in total. The molecule has 7 heteroatoms. The lowest BCUT2D eigenvalue weighted by Gasteiger charge is -2.20. The molecule has 0 spiro atoms. The van der Waals surface area contributed by atoms with Crippen LogP contribution < -0.4 is 4.74 Å². The van der Waals surface area contributed by atoms with Crippen LogP contribution in [0.15, 0.2) is 36.5 Å². The molecule has 0 aliphatic rings. The Hall–Kier alpha value is -2.73. The van der Waals surface area contributed by atoms with Gasteiger partial charge < -0.3 is 14.2 Å². The third-order valence-corrected chi connectivity index (χ3v) is 4.85. The van der Waals surface area contributed by atoms with Crippen LogP contribution in [0.4, 0.5) is 0 Å². The molecule has 0 fully saturated rings. The van der Waals surface area contributed by atoms with Crippen molar-refractivity contribution in [1.82, 2.24) is 19.2 Å². The number of hydrogen-bond donors (Lipinski definition) is 0. The van der Waals surface area contributed by atoms with E-state index in [1.165, 1.54) is 0 Å². The van der Waals surface area contributed by atoms with E-state index in [1.54, 1.807) is 42.1 Å². The quantitative estimate of drug-likeness (QED) is 0.670. The Balaban J connectivity index is 1.95. The Bertz CT molecular complexity index is 971. The fourth-order valence-corrected chi connectivity index (χ4v) is 3.45. The van der Waals surface area contributed by atoms with Gasteiger partial charge in [0.15, 0.2) is 0 Å². The first-order valence-corrected chi connectivity index (χ1v) is 8.96. The molecule has 27 heavy (non-hydrogen) atoms. The molecular formula is C20H23ClN4O2. The molecule has 142 valence electrons. The van der Waals surface area contributed by atoms with E-state index in [0.29, 0.717) is 22.9 Å². The van der Waals surface area contributed by atoms with Crippen LogP contribution in [0.1, 0.15) is 27.3 Å². The Labute approximate surface area is 163 Å². The van der Waals surface area contributed by atoms with Crippen LogP contribution in [0.3, 0.4) is 0 Å². The number of carbonyl (C=O) groups is 1. The maximum atomic E-state index is 13.2. The maximum absolute atomic E-state index is 13.2. The number of methoxy groups -OCH3 is 1. The maximum Gasteiger partial charge on any atom is 0.259 e. The third kappa shape index (κ3) is 3.57. The van der Waals surface area contributed by atoms with Gasteiger partial charge in [0.25, 0.3) is 5.91 Å². The molecule has 1 amide bonds. The summed E-state index contributed by atoms with van der Waals surface area (Å²) < 4.78 is 9.15. The van der Waals surface area contributed by atoms with E-state index >= 15 is 0 Å². The van der Waals surface area contributed by atoms with Gasteiger partial charge in [-0.25, -0.2) is 0 Å². The van der Waals surface area contributed by atoms with Crippen LogP contribution in [0, 0.1) is 13.8 Å². The van der Waals surface area contributed by atoms with Crippen LogP contribution in [0.2, 0.25) is 5.02 Å². The molecule has 0 bridgehead atoms. The van der Waals surface area contributed by atoms with Crippen molar-refractivity contribution >= 4 is 17.5 Å². The molecule has 3 rings (SSSR count). The smallest absolute Gasteiger partial charge is 0.259 e. The fourth-order valence-electron chi connectivity index (χ4n) is 3.25. The van der Waals surface area contributed by atoms with Gasteiger partial charge >= 0.3 is 0 Å². The van der Waals surface area contributed by atoms with Gasteiger partial charge in [0.1, 0.15) is 17.1 Å². The number of nitrogens with zero attached hydrogens (tertiary/aromatic N) is 4. The molecule has 0 aliphatic carbocycles. The second-order valence-corrected chi connectivity index (χ2v) is 7.01. The van der Waals surface area contributed by atoms with Gasteiger partial charge in [-0.05, 0) is 44.2 Å². The standard InChI is InChI=1S/C20H23ClN4O2/c1-13-6-7-14(2)25(13)19-17(11-22-24(19)4)20(26)23(3)12-15-10-16(21)8-9-18(15)27-5/h6-11H,12H2,1-5H3. The van der Waals surface area contributed by atoms with E-state index in [-0.39, 0.29) is 5.91 Å². The summed E-state index contributed by atoms with van der Waals surface area (Å²) in [5.41, 5.74) is 3.48. The number of aryl methyl sites for hydroxylation is 3. The monoisotopic (exact) mass is 386 g/mol. The highest BCUT2D eigenvalue weighted by atomic mass is 35.5. The summed E-state index contributed by atoms with van der Waals surface area (Å²) in [5, 5.41) is 4.92. The van der Waals surface area contributed by atoms with Crippen molar-refractivity contribution in [3.8, 4) is 11.6 Å². The Morgan fingerprint density at radius 3 is 2.52 bits per heavy atom. The molecule has 2 heterocycles. The van der Waals surface area contributed by atoms with Crippen LogP contribution in [-0.4, -0.2) is 39.3 Å². The second-order valence-electron chi connectivity index (χ2n) is 6.57. The van der Waals surface area contributed by atoms with Crippen molar-refractivity contribution in [1.29, 1.82) is 0 Å². The Kier molecular flexibility index (Phi) is 5.28. The number of halogens is 1. The summed E-state index contributed by atoms with van der Waals surface area (Å²) in [6, 6.07) is 9.43. The molecule has 1 aromatic carbocycles. The average Bonchev–Trinajstić information content (AvgIpc) is 3.16. The van der Waals surface area contributed by atoms with Gasteiger partial charge in [-0.15, -0.1) is 0 Å². The van der Waals surface area contributed by atoms with E-state index in [4.69, 9.17) is 16.3 Å². The van der Waals surface area contributed by atoms with E-state index in [0.717, 1.165) is 22.8 Å². The predicted octanol–water partition coefficient (Wildman–Crippen LogP) is 3.76. The van der Waals surface area contributed by atoms with E-state index < -0.39 is 0 Å². The van der Waals surface area contributed by atoms with Crippen molar-refractivity contribution in [2.24, 2.45) is 7.05 Å². The minimum Gasteiger partial charge on any atom is -0.496 e. The third-order valence-electron chi connectivity index (χ3n) is 4.62. The topological polar surface area (TPSA) is 52.3 Å². The second kappa shape index (κ2) is 7.48. The van der Waals surface area contributed by atoms with Gasteiger partial charge in [-0.1, -0.05) is 11.6 Å². The van der Waals surface area contributed by atoms with Gasteiger partial charge in [-0.2, -0.15) is 5.10 Å². The molecule has 0 N–H and O–H groups in total. The van der Waals surface area contributed by atoms with E-state index in [1.807, 2.05) is 43.7 Å². The highest BCUT2D eigenvalue weighted by molar-refractivity contribution is 6.30. The zero-order chi connectivity index (χ0) is 19.7. The SMILES string of the molecule is COc1ccc(Cl)cc1CN(C)C(=O)c1cnn(C)c1-n1c(C)ccc1C. The minimum absolute atomic E-state index is 0.118. The van der Waals surface area contributed by atoms with Gasteiger partial charge in [-0.3, -0.25) is 9.48 Å². The van der Waals surface area contributed by atoms with Crippen molar-refractivity contribution in [3.05, 3.63) is 64.1 Å². The fraction of sp³-hybridized carbons (Fsp3) is 0.300. The number of benzene rings is 1. The number of rotatable bonds is 5. The highest BCUT2D eigenvalue weighted by Crippen LogP contribution is 2.25. The van der Waals surface area contributed by atoms with Crippen molar-refractivity contribution in [2.45, 2.75) is 20.4 Å². The zero-order valence-electron chi connectivity index (χ0n) is 16.2. The highest BCUT2D eigenvalue weighted by Gasteiger charge is 2.23. The predicted molar refractivity (Wildman–Crippen MR) is 106 cm³/mol. The van der Waals surface area contributed by atoms with Crippen LogP contribution >= 0.6 is 11.6 Å². The summed E-state index contributed by atoms with van der Waals surface area (Å²) in [4.78, 5) is 14.8. The Morgan fingerprint density at radius 2 is 1.89 bits per heavy atom. The normalized spacial score (nSPS) is 10.9. The minimum atomic E-state index is -0.118. The summed E-state index contributed by atoms with van der Waals surface area (Å²) in [6.45, 7) is 4.39. The van der Waals surface area contributed by atoms with Gasteiger partial charge in [0.2, 0.25) is 0 Å². The lowest BCUT2D eigenvalue weighted by atomic mass is 10.1. The van der Waals surface area contributed by atoms with E-state index in [2.05, 4.69) is 5.10 Å². The average molecular weight is 387 g/mol. The van der Waals surface area contributed by atoms with Crippen molar-refractivity contribution in [2.75, 3.05) is 14.2 Å². The molecule has 0 atom stereocenters. The van der Waals surface area contributed by atoms with E-state index in [9.17, 15) is 4.79 Å². The first-order valence-electron chi connectivity index (χ1n) is 8.58. The first kappa shape index (κ1) is 19.0. The van der Waals surface area contributed by atoms with Crippen LogP contribution in [0.5, 0.6) is 5.75 Å². The van der Waals surface area contributed by atoms with Crippen LogP contribution in [0.25, 0.3) is 5.82 Å². The molecule has 0 saturated heterocycles. The zero-order valence-corrected chi connectivity index (χ0v) is 16.9. The molecule has 0 unspecified atom stereocenters. The van der Waals surface area contributed by atoms with Gasteiger partial charge in [0.05, 0.1) is 13.3 Å². The summed E-state index contributed by atoms with van der Waals surface area (Å²) in [7, 11) is 5.20. The lowest BCUT2D eigenvalue weighted by Crippen LogP contribution is -2.27.